The lowest BCUT2D eigenvalue weighted by molar-refractivity contribution is -0.157. The van der Waals surface area contributed by atoms with Gasteiger partial charge in [-0.2, -0.15) is 0 Å². The van der Waals surface area contributed by atoms with E-state index in [2.05, 4.69) is 10.0 Å². The first kappa shape index (κ1) is 20.7. The van der Waals surface area contributed by atoms with Crippen LogP contribution in [0.4, 0.5) is 4.79 Å². The lowest BCUT2D eigenvalue weighted by Gasteiger charge is -2.35. The van der Waals surface area contributed by atoms with Gasteiger partial charge < -0.3 is 15.6 Å². The van der Waals surface area contributed by atoms with Crippen molar-refractivity contribution < 1.29 is 24.2 Å². The van der Waals surface area contributed by atoms with E-state index in [1.54, 1.807) is 20.8 Å². The highest BCUT2D eigenvalue weighted by Gasteiger charge is 2.50. The zero-order chi connectivity index (χ0) is 18.3. The van der Waals surface area contributed by atoms with Crippen LogP contribution in [0.15, 0.2) is 5.11 Å². The van der Waals surface area contributed by atoms with E-state index in [9.17, 15) is 19.5 Å². The van der Waals surface area contributed by atoms with E-state index in [1.807, 2.05) is 0 Å². The molecule has 0 aromatic carbocycles. The molecule has 10 heteroatoms. The fourth-order valence-corrected chi connectivity index (χ4v) is 1.89. The molecule has 0 aliphatic heterocycles. The van der Waals surface area contributed by atoms with Crippen molar-refractivity contribution in [3.8, 4) is 0 Å². The normalized spacial score (nSPS) is 13.4. The van der Waals surface area contributed by atoms with E-state index in [0.29, 0.717) is 17.9 Å². The van der Waals surface area contributed by atoms with Crippen LogP contribution in [-0.4, -0.2) is 45.8 Å². The smallest absolute Gasteiger partial charge is 0.418 e. The van der Waals surface area contributed by atoms with E-state index in [-0.39, 0.29) is 12.8 Å². The molecule has 0 aromatic heterocycles. The summed E-state index contributed by atoms with van der Waals surface area (Å²) >= 11 is 0. The number of carbonyl (C=O) groups excluding carboxylic acids is 2. The zero-order valence-electron chi connectivity index (χ0n) is 13.8. The first-order valence-corrected chi connectivity index (χ1v) is 7.05. The summed E-state index contributed by atoms with van der Waals surface area (Å²) in [5.41, 5.74) is 10.7. The molecule has 0 saturated heterocycles. The summed E-state index contributed by atoms with van der Waals surface area (Å²) in [6.45, 7) is 5.98. The Bertz CT molecular complexity index is 505. The second kappa shape index (κ2) is 8.35. The van der Waals surface area contributed by atoms with Crippen LogP contribution in [0.3, 0.4) is 0 Å². The van der Waals surface area contributed by atoms with Crippen LogP contribution >= 0.6 is 0 Å². The van der Waals surface area contributed by atoms with Crippen LogP contribution in [0.2, 0.25) is 0 Å². The average molecular weight is 329 g/mol. The molecule has 1 unspecified atom stereocenters. The molecular formula is C13H23N5O5. The highest BCUT2D eigenvalue weighted by Crippen LogP contribution is 2.28. The predicted octanol–water partition coefficient (Wildman–Crippen LogP) is 1.99. The van der Waals surface area contributed by atoms with Gasteiger partial charge >= 0.3 is 12.1 Å². The number of nitrogens with zero attached hydrogens (tertiary/aromatic N) is 4. The second-order valence-corrected chi connectivity index (χ2v) is 5.89. The number of aliphatic carboxylic acids is 1. The fourth-order valence-electron chi connectivity index (χ4n) is 1.89. The quantitative estimate of drug-likeness (QED) is 0.314. The summed E-state index contributed by atoms with van der Waals surface area (Å²) in [4.78, 5) is 38.7. The summed E-state index contributed by atoms with van der Waals surface area (Å²) in [6.07, 6.45) is -0.764. The predicted molar refractivity (Wildman–Crippen MR) is 81.2 cm³/mol. The Balaban J connectivity index is 5.92. The summed E-state index contributed by atoms with van der Waals surface area (Å²) in [5.74, 6) is -2.52. The summed E-state index contributed by atoms with van der Waals surface area (Å²) in [5, 5.41) is 12.8. The Morgan fingerprint density at radius 1 is 1.30 bits per heavy atom. The lowest BCUT2D eigenvalue weighted by atomic mass is 10.0. The van der Waals surface area contributed by atoms with Crippen molar-refractivity contribution in [3.63, 3.8) is 0 Å². The molecule has 0 aliphatic rings. The number of carboxylic acids is 1. The third-order valence-corrected chi connectivity index (χ3v) is 2.79. The van der Waals surface area contributed by atoms with Crippen molar-refractivity contribution >= 4 is 18.0 Å². The molecule has 0 aromatic rings. The van der Waals surface area contributed by atoms with Gasteiger partial charge in [0, 0.05) is 11.8 Å². The van der Waals surface area contributed by atoms with Crippen molar-refractivity contribution in [2.75, 3.05) is 6.54 Å². The van der Waals surface area contributed by atoms with Crippen LogP contribution in [-0.2, 0) is 14.3 Å². The van der Waals surface area contributed by atoms with Gasteiger partial charge in [-0.25, -0.2) is 14.5 Å². The zero-order valence-corrected chi connectivity index (χ0v) is 13.8. The highest BCUT2D eigenvalue weighted by molar-refractivity contribution is 5.97. The highest BCUT2D eigenvalue weighted by atomic mass is 16.6. The molecular weight excluding hydrogens is 306 g/mol. The molecule has 0 spiro atoms. The van der Waals surface area contributed by atoms with Gasteiger partial charge in [0.05, 0.1) is 0 Å². The van der Waals surface area contributed by atoms with Crippen LogP contribution in [0.5, 0.6) is 0 Å². The first-order valence-electron chi connectivity index (χ1n) is 7.05. The van der Waals surface area contributed by atoms with Gasteiger partial charge in [0.2, 0.25) is 11.6 Å². The lowest BCUT2D eigenvalue weighted by Crippen LogP contribution is -2.58. The summed E-state index contributed by atoms with van der Waals surface area (Å²) < 4.78 is 5.06. The largest absolute Gasteiger partial charge is 0.479 e. The Morgan fingerprint density at radius 2 is 1.87 bits per heavy atom. The van der Waals surface area contributed by atoms with Crippen molar-refractivity contribution in [1.29, 1.82) is 0 Å². The number of hydrogen-bond donors (Lipinski definition) is 2. The van der Waals surface area contributed by atoms with E-state index in [0.717, 1.165) is 6.92 Å². The van der Waals surface area contributed by atoms with Gasteiger partial charge in [-0.05, 0) is 52.1 Å². The van der Waals surface area contributed by atoms with Crippen molar-refractivity contribution in [1.82, 2.24) is 4.90 Å². The number of ether oxygens (including phenoxy) is 1. The SMILES string of the molecule is CC(=O)N(C(=O)OC(C)(C)C)C(CCCCN)(N=[N+]=[N-])C(=O)O. The fraction of sp³-hybridized carbons (Fsp3) is 0.769. The minimum Gasteiger partial charge on any atom is -0.479 e. The molecule has 0 rings (SSSR count). The van der Waals surface area contributed by atoms with E-state index in [1.165, 1.54) is 0 Å². The maximum atomic E-state index is 12.3. The Kier molecular flexibility index (Phi) is 7.51. The third-order valence-electron chi connectivity index (χ3n) is 2.79. The molecule has 1 atom stereocenters. The molecule has 0 aliphatic carbocycles. The standard InChI is InChI=1S/C13H23N5O5/c1-9(19)18(11(22)23-12(2,3)4)13(10(20)21,16-17-15)7-5-6-8-14/h5-8,14H2,1-4H3,(H,20,21). The van der Waals surface area contributed by atoms with Crippen LogP contribution < -0.4 is 5.73 Å². The molecule has 23 heavy (non-hydrogen) atoms. The van der Waals surface area contributed by atoms with Crippen molar-refractivity contribution in [2.45, 2.75) is 58.2 Å². The summed E-state index contributed by atoms with van der Waals surface area (Å²) in [6, 6.07) is 0. The number of carbonyl (C=O) groups is 3. The minimum absolute atomic E-state index is 0.244. The molecule has 0 heterocycles. The number of rotatable bonds is 7. The van der Waals surface area contributed by atoms with Gasteiger partial charge in [-0.1, -0.05) is 5.11 Å². The Morgan fingerprint density at radius 3 is 2.22 bits per heavy atom. The van der Waals surface area contributed by atoms with E-state index < -0.39 is 29.2 Å². The van der Waals surface area contributed by atoms with E-state index >= 15 is 0 Å². The molecule has 3 N–H and O–H groups in total. The monoisotopic (exact) mass is 329 g/mol. The van der Waals surface area contributed by atoms with Gasteiger partial charge in [0.1, 0.15) is 5.60 Å². The molecule has 130 valence electrons. The van der Waals surface area contributed by atoms with Gasteiger partial charge in [-0.15, -0.1) is 0 Å². The van der Waals surface area contributed by atoms with Crippen LogP contribution in [0.25, 0.3) is 10.4 Å². The Hall–Kier alpha value is -2.32. The third kappa shape index (κ3) is 5.76. The van der Waals surface area contributed by atoms with Crippen LogP contribution in [0.1, 0.15) is 47.0 Å². The number of amides is 2. The molecule has 2 amide bonds. The number of carboxylic acid groups (broad SMARTS) is 1. The van der Waals surface area contributed by atoms with Gasteiger partial charge in [-0.3, -0.25) is 4.79 Å². The molecule has 0 fully saturated rings. The molecule has 10 nitrogen and oxygen atoms in total. The topological polar surface area (TPSA) is 159 Å². The van der Waals surface area contributed by atoms with Gasteiger partial charge in [0.15, 0.2) is 0 Å². The second-order valence-electron chi connectivity index (χ2n) is 5.89. The Labute approximate surface area is 134 Å². The van der Waals surface area contributed by atoms with E-state index in [4.69, 9.17) is 16.0 Å². The van der Waals surface area contributed by atoms with Crippen LogP contribution in [0, 0.1) is 0 Å². The van der Waals surface area contributed by atoms with Gasteiger partial charge in [0.25, 0.3) is 0 Å². The number of unbranched alkanes of at least 4 members (excludes halogenated alkanes) is 1. The maximum absolute atomic E-state index is 12.3. The number of hydrogen-bond acceptors (Lipinski definition) is 6. The maximum Gasteiger partial charge on any atom is 0.418 e. The number of azide groups is 1. The average Bonchev–Trinajstić information content (AvgIpc) is 2.36. The van der Waals surface area contributed by atoms with Crippen molar-refractivity contribution in [2.24, 2.45) is 10.8 Å². The molecule has 0 radical (unpaired) electrons. The molecule has 0 bridgehead atoms. The summed E-state index contributed by atoms with van der Waals surface area (Å²) in [7, 11) is 0. The first-order chi connectivity index (χ1) is 10.5. The number of nitrogens with two attached hydrogens (primary N) is 1. The number of imide groups is 1. The minimum atomic E-state index is -2.39. The molecule has 0 saturated carbocycles. The van der Waals surface area contributed by atoms with Crippen molar-refractivity contribution in [3.05, 3.63) is 10.4 Å².